The molecule has 0 spiro atoms. The number of aromatic nitrogens is 1. The molecule has 0 aromatic carbocycles. The molecular weight excluding hydrogens is 318 g/mol. The van der Waals surface area contributed by atoms with Gasteiger partial charge < -0.3 is 0 Å². The number of thiophene rings is 2. The van der Waals surface area contributed by atoms with E-state index in [1.807, 2.05) is 10.9 Å². The Kier molecular flexibility index (Phi) is 4.48. The zero-order valence-electron chi connectivity index (χ0n) is 11.8. The molecule has 0 fully saturated rings. The van der Waals surface area contributed by atoms with Gasteiger partial charge in [0.15, 0.2) is 0 Å². The van der Waals surface area contributed by atoms with Gasteiger partial charge in [-0.15, -0.1) is 22.7 Å². The molecule has 21 heavy (non-hydrogen) atoms. The number of thiazole rings is 1. The third-order valence-corrected chi connectivity index (χ3v) is 5.12. The van der Waals surface area contributed by atoms with Gasteiger partial charge in [-0.3, -0.25) is 4.99 Å². The molecule has 3 rings (SSSR count). The minimum atomic E-state index is 0.252. The second-order valence-electron chi connectivity index (χ2n) is 4.72. The molecule has 108 valence electrons. The summed E-state index contributed by atoms with van der Waals surface area (Å²) in [7, 11) is 0. The largest absolute Gasteiger partial charge is 0.255 e. The van der Waals surface area contributed by atoms with Crippen LogP contribution in [0.3, 0.4) is 0 Å². The predicted molar refractivity (Wildman–Crippen MR) is 93.6 cm³/mol. The molecule has 0 atom stereocenters. The Morgan fingerprint density at radius 1 is 1.14 bits per heavy atom. The SMILES string of the molecule is CC(C)N=c1scc(-c2cccs2)n1N=Cc1ccsc1. The van der Waals surface area contributed by atoms with Crippen molar-refractivity contribution in [1.82, 2.24) is 4.68 Å². The van der Waals surface area contributed by atoms with Gasteiger partial charge in [0.05, 0.1) is 16.8 Å². The fourth-order valence-electron chi connectivity index (χ4n) is 1.79. The van der Waals surface area contributed by atoms with E-state index in [-0.39, 0.29) is 6.04 Å². The lowest BCUT2D eigenvalue weighted by atomic mass is 10.4. The number of hydrogen-bond acceptors (Lipinski definition) is 5. The van der Waals surface area contributed by atoms with Crippen LogP contribution in [0.2, 0.25) is 0 Å². The Morgan fingerprint density at radius 3 is 2.71 bits per heavy atom. The molecule has 0 saturated heterocycles. The van der Waals surface area contributed by atoms with Gasteiger partial charge in [0.1, 0.15) is 0 Å². The van der Waals surface area contributed by atoms with Crippen LogP contribution in [0.25, 0.3) is 10.6 Å². The number of nitrogens with zero attached hydrogens (tertiary/aromatic N) is 3. The zero-order valence-corrected chi connectivity index (χ0v) is 14.2. The van der Waals surface area contributed by atoms with Gasteiger partial charge in [-0.25, -0.2) is 4.68 Å². The Hall–Kier alpha value is -1.50. The second-order valence-corrected chi connectivity index (χ2v) is 7.28. The third kappa shape index (κ3) is 3.40. The van der Waals surface area contributed by atoms with E-state index >= 15 is 0 Å². The zero-order chi connectivity index (χ0) is 14.7. The summed E-state index contributed by atoms with van der Waals surface area (Å²) in [5.74, 6) is 0. The normalized spacial score (nSPS) is 12.8. The molecule has 6 heteroatoms. The summed E-state index contributed by atoms with van der Waals surface area (Å²) < 4.78 is 1.94. The minimum Gasteiger partial charge on any atom is -0.255 e. The molecule has 0 radical (unpaired) electrons. The quantitative estimate of drug-likeness (QED) is 0.628. The first-order chi connectivity index (χ1) is 10.2. The van der Waals surface area contributed by atoms with Crippen LogP contribution in [0.15, 0.2) is 49.8 Å². The molecule has 3 heterocycles. The topological polar surface area (TPSA) is 29.6 Å². The summed E-state index contributed by atoms with van der Waals surface area (Å²) in [6, 6.07) is 6.49. The van der Waals surface area contributed by atoms with Crippen LogP contribution in [-0.2, 0) is 0 Å². The fraction of sp³-hybridized carbons (Fsp3) is 0.200. The van der Waals surface area contributed by atoms with Crippen molar-refractivity contribution in [2.45, 2.75) is 19.9 Å². The molecule has 3 nitrogen and oxygen atoms in total. The van der Waals surface area contributed by atoms with Crippen molar-refractivity contribution < 1.29 is 0 Å². The molecule has 0 N–H and O–H groups in total. The monoisotopic (exact) mass is 333 g/mol. The summed E-state index contributed by atoms with van der Waals surface area (Å²) in [5, 5.41) is 13.0. The molecule has 0 unspecified atom stereocenters. The molecule has 0 aliphatic rings. The maximum absolute atomic E-state index is 4.66. The van der Waals surface area contributed by atoms with Crippen LogP contribution < -0.4 is 4.80 Å². The summed E-state index contributed by atoms with van der Waals surface area (Å²) in [5.41, 5.74) is 2.22. The average molecular weight is 334 g/mol. The number of rotatable bonds is 4. The van der Waals surface area contributed by atoms with Crippen LogP contribution in [0, 0.1) is 0 Å². The van der Waals surface area contributed by atoms with Crippen molar-refractivity contribution in [2.75, 3.05) is 0 Å². The van der Waals surface area contributed by atoms with Gasteiger partial charge >= 0.3 is 0 Å². The molecule has 0 saturated carbocycles. The first-order valence-electron chi connectivity index (χ1n) is 6.59. The Bertz CT molecular complexity index is 775. The van der Waals surface area contributed by atoms with E-state index < -0.39 is 0 Å². The highest BCUT2D eigenvalue weighted by molar-refractivity contribution is 7.14. The molecule has 0 bridgehead atoms. The first kappa shape index (κ1) is 14.4. The standard InChI is InChI=1S/C15H15N3S3/c1-11(2)17-15-18(16-8-12-5-7-19-9-12)13(10-21-15)14-4-3-6-20-14/h3-11H,1-2H3. The maximum atomic E-state index is 4.66. The van der Waals surface area contributed by atoms with Crippen molar-refractivity contribution in [3.63, 3.8) is 0 Å². The van der Waals surface area contributed by atoms with Crippen molar-refractivity contribution in [3.05, 3.63) is 50.1 Å². The van der Waals surface area contributed by atoms with Crippen molar-refractivity contribution in [2.24, 2.45) is 10.1 Å². The van der Waals surface area contributed by atoms with Crippen LogP contribution in [0.5, 0.6) is 0 Å². The van der Waals surface area contributed by atoms with Gasteiger partial charge in [-0.1, -0.05) is 6.07 Å². The highest BCUT2D eigenvalue weighted by atomic mass is 32.1. The van der Waals surface area contributed by atoms with E-state index in [9.17, 15) is 0 Å². The lowest BCUT2D eigenvalue weighted by molar-refractivity contribution is 0.755. The summed E-state index contributed by atoms with van der Waals surface area (Å²) in [6.45, 7) is 4.16. The van der Waals surface area contributed by atoms with Crippen LogP contribution >= 0.6 is 34.0 Å². The Labute approximate surface area is 135 Å². The van der Waals surface area contributed by atoms with Crippen LogP contribution in [0.1, 0.15) is 19.4 Å². The molecular formula is C15H15N3S3. The lowest BCUT2D eigenvalue weighted by Gasteiger charge is -2.01. The van der Waals surface area contributed by atoms with Crippen molar-refractivity contribution >= 4 is 40.2 Å². The molecule has 0 aliphatic heterocycles. The van der Waals surface area contributed by atoms with Crippen molar-refractivity contribution in [3.8, 4) is 10.6 Å². The lowest BCUT2D eigenvalue weighted by Crippen LogP contribution is -2.14. The van der Waals surface area contributed by atoms with Crippen LogP contribution in [0.4, 0.5) is 0 Å². The molecule has 0 aliphatic carbocycles. The Balaban J connectivity index is 2.08. The fourth-order valence-corrected chi connectivity index (χ4v) is 4.16. The van der Waals surface area contributed by atoms with E-state index in [2.05, 4.69) is 63.7 Å². The molecule has 3 aromatic rings. The van der Waals surface area contributed by atoms with E-state index in [4.69, 9.17) is 0 Å². The van der Waals surface area contributed by atoms with Gasteiger partial charge in [0.2, 0.25) is 4.80 Å². The first-order valence-corrected chi connectivity index (χ1v) is 9.29. The van der Waals surface area contributed by atoms with Crippen molar-refractivity contribution in [1.29, 1.82) is 0 Å². The summed E-state index contributed by atoms with van der Waals surface area (Å²) in [6.07, 6.45) is 1.89. The number of hydrogen-bond donors (Lipinski definition) is 0. The highest BCUT2D eigenvalue weighted by Gasteiger charge is 2.08. The van der Waals surface area contributed by atoms with Gasteiger partial charge in [-0.2, -0.15) is 16.4 Å². The highest BCUT2D eigenvalue weighted by Crippen LogP contribution is 2.25. The van der Waals surface area contributed by atoms with Gasteiger partial charge in [-0.05, 0) is 42.1 Å². The van der Waals surface area contributed by atoms with E-state index in [0.717, 1.165) is 16.1 Å². The average Bonchev–Trinajstić information content (AvgIpc) is 3.18. The molecule has 3 aromatic heterocycles. The predicted octanol–water partition coefficient (Wildman–Crippen LogP) is 4.53. The minimum absolute atomic E-state index is 0.252. The van der Waals surface area contributed by atoms with Gasteiger partial charge in [0.25, 0.3) is 0 Å². The second kappa shape index (κ2) is 6.51. The van der Waals surface area contributed by atoms with E-state index in [1.54, 1.807) is 34.0 Å². The maximum Gasteiger partial charge on any atom is 0.206 e. The summed E-state index contributed by atoms with van der Waals surface area (Å²) >= 11 is 5.02. The Morgan fingerprint density at radius 2 is 2.05 bits per heavy atom. The summed E-state index contributed by atoms with van der Waals surface area (Å²) in [4.78, 5) is 6.80. The van der Waals surface area contributed by atoms with Crippen LogP contribution in [-0.4, -0.2) is 16.9 Å². The van der Waals surface area contributed by atoms with E-state index in [0.29, 0.717) is 0 Å². The van der Waals surface area contributed by atoms with E-state index in [1.165, 1.54) is 4.88 Å². The smallest absolute Gasteiger partial charge is 0.206 e. The third-order valence-electron chi connectivity index (χ3n) is 2.69. The van der Waals surface area contributed by atoms with Gasteiger partial charge in [0, 0.05) is 17.0 Å². The molecule has 0 amide bonds.